The second-order valence-corrected chi connectivity index (χ2v) is 10.1. The first-order valence-electron chi connectivity index (χ1n) is 13.3. The molecule has 202 valence electrons. The van der Waals surface area contributed by atoms with Gasteiger partial charge < -0.3 is 20.6 Å². The van der Waals surface area contributed by atoms with E-state index in [9.17, 15) is 23.5 Å². The molecule has 8 heteroatoms. The van der Waals surface area contributed by atoms with Crippen molar-refractivity contribution in [2.24, 2.45) is 5.92 Å². The number of hydrogen-bond acceptors (Lipinski definition) is 4. The monoisotopic (exact) mass is 515 g/mol. The zero-order chi connectivity index (χ0) is 26.9. The first-order valence-corrected chi connectivity index (χ1v) is 13.3. The number of nitrogens with one attached hydrogen (secondary N) is 2. The normalized spacial score (nSPS) is 14.8. The van der Waals surface area contributed by atoms with Crippen LogP contribution in [-0.4, -0.2) is 60.1 Å². The van der Waals surface area contributed by atoms with E-state index in [0.29, 0.717) is 35.7 Å². The predicted molar refractivity (Wildman–Crippen MR) is 141 cm³/mol. The van der Waals surface area contributed by atoms with E-state index in [1.807, 2.05) is 20.8 Å². The molecule has 3 N–H and O–H groups in total. The summed E-state index contributed by atoms with van der Waals surface area (Å²) in [5.74, 6) is -1.41. The van der Waals surface area contributed by atoms with Gasteiger partial charge in [0, 0.05) is 36.8 Å². The highest BCUT2D eigenvalue weighted by atomic mass is 19.1. The largest absolute Gasteiger partial charge is 0.390 e. The number of amides is 2. The number of aryl methyl sites for hydroxylation is 1. The van der Waals surface area contributed by atoms with E-state index in [1.165, 1.54) is 12.1 Å². The van der Waals surface area contributed by atoms with Gasteiger partial charge in [0.1, 0.15) is 11.6 Å². The Morgan fingerprint density at radius 3 is 2.22 bits per heavy atom. The fourth-order valence-corrected chi connectivity index (χ4v) is 4.49. The maximum atomic E-state index is 13.8. The molecule has 0 spiro atoms. The molecule has 0 aromatic heterocycles. The molecule has 0 radical (unpaired) electrons. The molecule has 0 bridgehead atoms. The lowest BCUT2D eigenvalue weighted by Crippen LogP contribution is -2.49. The smallest absolute Gasteiger partial charge is 0.253 e. The van der Waals surface area contributed by atoms with Gasteiger partial charge in [0.2, 0.25) is 0 Å². The molecule has 6 nitrogen and oxygen atoms in total. The Labute approximate surface area is 218 Å². The van der Waals surface area contributed by atoms with E-state index in [0.717, 1.165) is 43.9 Å². The first kappa shape index (κ1) is 28.7. The molecular weight excluding hydrogens is 476 g/mol. The average Bonchev–Trinajstić information content (AvgIpc) is 3.66. The molecule has 0 aliphatic heterocycles. The van der Waals surface area contributed by atoms with Gasteiger partial charge in [0.05, 0.1) is 12.1 Å². The highest BCUT2D eigenvalue weighted by Crippen LogP contribution is 2.27. The number of nitrogens with zero attached hydrogens (tertiary/aromatic N) is 1. The van der Waals surface area contributed by atoms with Crippen molar-refractivity contribution in [1.29, 1.82) is 0 Å². The van der Waals surface area contributed by atoms with Crippen LogP contribution in [0.25, 0.3) is 0 Å². The summed E-state index contributed by atoms with van der Waals surface area (Å²) in [7, 11) is 0. The van der Waals surface area contributed by atoms with Gasteiger partial charge in [-0.15, -0.1) is 0 Å². The highest BCUT2D eigenvalue weighted by Gasteiger charge is 2.26. The minimum absolute atomic E-state index is 0.0467. The van der Waals surface area contributed by atoms with Crippen LogP contribution in [0.15, 0.2) is 36.4 Å². The van der Waals surface area contributed by atoms with Crippen LogP contribution in [0.1, 0.15) is 71.4 Å². The third kappa shape index (κ3) is 8.90. The molecule has 0 saturated heterocycles. The molecule has 2 amide bonds. The summed E-state index contributed by atoms with van der Waals surface area (Å²) in [6.07, 6.45) is 3.05. The Morgan fingerprint density at radius 1 is 1.00 bits per heavy atom. The van der Waals surface area contributed by atoms with Gasteiger partial charge in [-0.3, -0.25) is 9.59 Å². The molecule has 1 aliphatic carbocycles. The second kappa shape index (κ2) is 13.6. The standard InChI is InChI=1S/C29H39F2N3O3/c1-4-8-34(9-5-2)29(37)23-11-19(3)10-22(15-23)28(36)33-26(27(35)18-32-17-20-6-7-20)14-21-12-24(30)16-25(31)13-21/h10-13,15-16,20,26-27,32,35H,4-9,14,17-18H2,1-3H3,(H,33,36)/t26-,27+/m0/s1. The van der Waals surface area contributed by atoms with Crippen molar-refractivity contribution in [2.75, 3.05) is 26.2 Å². The third-order valence-electron chi connectivity index (χ3n) is 6.50. The molecule has 0 unspecified atom stereocenters. The SMILES string of the molecule is CCCN(CCC)C(=O)c1cc(C)cc(C(=O)N[C@@H](Cc2cc(F)cc(F)c2)[C@H](O)CNCC2CC2)c1. The Kier molecular flexibility index (Phi) is 10.6. The summed E-state index contributed by atoms with van der Waals surface area (Å²) < 4.78 is 27.6. The molecule has 3 rings (SSSR count). The lowest BCUT2D eigenvalue weighted by Gasteiger charge is -2.25. The van der Waals surface area contributed by atoms with Crippen molar-refractivity contribution in [2.45, 2.75) is 65.0 Å². The van der Waals surface area contributed by atoms with Gasteiger partial charge in [-0.05, 0) is 92.9 Å². The number of benzene rings is 2. The predicted octanol–water partition coefficient (Wildman–Crippen LogP) is 4.24. The van der Waals surface area contributed by atoms with Crippen LogP contribution in [0.3, 0.4) is 0 Å². The van der Waals surface area contributed by atoms with Gasteiger partial charge in [-0.2, -0.15) is 0 Å². The highest BCUT2D eigenvalue weighted by molar-refractivity contribution is 6.00. The first-order chi connectivity index (χ1) is 17.7. The van der Waals surface area contributed by atoms with E-state index in [1.54, 1.807) is 23.1 Å². The second-order valence-electron chi connectivity index (χ2n) is 10.1. The van der Waals surface area contributed by atoms with Crippen LogP contribution in [0.5, 0.6) is 0 Å². The maximum Gasteiger partial charge on any atom is 0.253 e. The number of carbonyl (C=O) groups excluding carboxylic acids is 2. The van der Waals surface area contributed by atoms with Crippen molar-refractivity contribution in [1.82, 2.24) is 15.5 Å². The van der Waals surface area contributed by atoms with Crippen molar-refractivity contribution >= 4 is 11.8 Å². The molecule has 1 fully saturated rings. The zero-order valence-electron chi connectivity index (χ0n) is 22.0. The number of halogens is 2. The summed E-state index contributed by atoms with van der Waals surface area (Å²) in [4.78, 5) is 28.2. The van der Waals surface area contributed by atoms with Crippen LogP contribution in [0, 0.1) is 24.5 Å². The Morgan fingerprint density at radius 2 is 1.62 bits per heavy atom. The van der Waals surface area contributed by atoms with Gasteiger partial charge in [-0.1, -0.05) is 13.8 Å². The summed E-state index contributed by atoms with van der Waals surface area (Å²) >= 11 is 0. The summed E-state index contributed by atoms with van der Waals surface area (Å²) in [5.41, 5.74) is 1.82. The number of aliphatic hydroxyl groups is 1. The summed E-state index contributed by atoms with van der Waals surface area (Å²) in [6.45, 7) is 8.13. The van der Waals surface area contributed by atoms with E-state index in [-0.39, 0.29) is 18.9 Å². The van der Waals surface area contributed by atoms with Crippen molar-refractivity contribution in [3.8, 4) is 0 Å². The number of rotatable bonds is 14. The molecule has 37 heavy (non-hydrogen) atoms. The molecular formula is C29H39F2N3O3. The van der Waals surface area contributed by atoms with Crippen LogP contribution >= 0.6 is 0 Å². The van der Waals surface area contributed by atoms with Gasteiger partial charge in [0.15, 0.2) is 0 Å². The quantitative estimate of drug-likeness (QED) is 0.352. The summed E-state index contributed by atoms with van der Waals surface area (Å²) in [6, 6.07) is 7.42. The molecule has 2 aromatic rings. The molecule has 1 aliphatic rings. The molecule has 1 saturated carbocycles. The van der Waals surface area contributed by atoms with Gasteiger partial charge in [-0.25, -0.2) is 8.78 Å². The van der Waals surface area contributed by atoms with E-state index in [4.69, 9.17) is 0 Å². The molecule has 0 heterocycles. The number of carbonyl (C=O) groups is 2. The fourth-order valence-electron chi connectivity index (χ4n) is 4.49. The number of hydrogen-bond donors (Lipinski definition) is 3. The van der Waals surface area contributed by atoms with Crippen LogP contribution in [0.2, 0.25) is 0 Å². The van der Waals surface area contributed by atoms with Crippen molar-refractivity contribution in [3.05, 3.63) is 70.3 Å². The van der Waals surface area contributed by atoms with Crippen molar-refractivity contribution in [3.63, 3.8) is 0 Å². The minimum atomic E-state index is -0.982. The lowest BCUT2D eigenvalue weighted by molar-refractivity contribution is 0.0755. The third-order valence-corrected chi connectivity index (χ3v) is 6.50. The van der Waals surface area contributed by atoms with Crippen LogP contribution in [0.4, 0.5) is 8.78 Å². The Bertz CT molecular complexity index is 1050. The van der Waals surface area contributed by atoms with E-state index >= 15 is 0 Å². The van der Waals surface area contributed by atoms with Crippen molar-refractivity contribution < 1.29 is 23.5 Å². The Hall–Kier alpha value is -2.84. The van der Waals surface area contributed by atoms with Crippen LogP contribution in [-0.2, 0) is 6.42 Å². The fraction of sp³-hybridized carbons (Fsp3) is 0.517. The van der Waals surface area contributed by atoms with E-state index in [2.05, 4.69) is 10.6 Å². The van der Waals surface area contributed by atoms with Crippen LogP contribution < -0.4 is 10.6 Å². The van der Waals surface area contributed by atoms with Gasteiger partial charge in [0.25, 0.3) is 11.8 Å². The molecule has 2 aromatic carbocycles. The zero-order valence-corrected chi connectivity index (χ0v) is 22.0. The average molecular weight is 516 g/mol. The van der Waals surface area contributed by atoms with E-state index < -0.39 is 29.7 Å². The lowest BCUT2D eigenvalue weighted by atomic mass is 9.99. The maximum absolute atomic E-state index is 13.8. The minimum Gasteiger partial charge on any atom is -0.390 e. The molecule has 2 atom stereocenters. The topological polar surface area (TPSA) is 81.7 Å². The summed E-state index contributed by atoms with van der Waals surface area (Å²) in [5, 5.41) is 17.0. The van der Waals surface area contributed by atoms with Gasteiger partial charge >= 0.3 is 0 Å². The Balaban J connectivity index is 1.79. The number of aliphatic hydroxyl groups excluding tert-OH is 1.